The van der Waals surface area contributed by atoms with E-state index in [1.54, 1.807) is 7.11 Å². The summed E-state index contributed by atoms with van der Waals surface area (Å²) in [4.78, 5) is 14.0. The highest BCUT2D eigenvalue weighted by Gasteiger charge is 2.11. The molecule has 2 rings (SSSR count). The molecule has 0 aromatic heterocycles. The minimum Gasteiger partial charge on any atom is -0.383 e. The van der Waals surface area contributed by atoms with Crippen LogP contribution in [0.4, 0.5) is 11.4 Å². The van der Waals surface area contributed by atoms with E-state index in [-0.39, 0.29) is 12.5 Å². The average Bonchev–Trinajstić information content (AvgIpc) is 2.53. The lowest BCUT2D eigenvalue weighted by Gasteiger charge is -2.28. The molecular formula is C15H23N3O3. The van der Waals surface area contributed by atoms with E-state index in [1.807, 2.05) is 24.3 Å². The van der Waals surface area contributed by atoms with Gasteiger partial charge < -0.3 is 25.0 Å². The van der Waals surface area contributed by atoms with E-state index in [1.165, 1.54) is 0 Å². The maximum absolute atomic E-state index is 11.7. The Bertz CT molecular complexity index is 430. The molecule has 1 aliphatic heterocycles. The highest BCUT2D eigenvalue weighted by Crippen LogP contribution is 2.18. The summed E-state index contributed by atoms with van der Waals surface area (Å²) in [6, 6.07) is 7.91. The molecule has 2 N–H and O–H groups in total. The van der Waals surface area contributed by atoms with E-state index < -0.39 is 0 Å². The molecule has 1 aromatic carbocycles. The third-order valence-corrected chi connectivity index (χ3v) is 3.30. The topological polar surface area (TPSA) is 62.8 Å². The van der Waals surface area contributed by atoms with Gasteiger partial charge in [-0.2, -0.15) is 0 Å². The molecule has 6 nitrogen and oxygen atoms in total. The zero-order valence-corrected chi connectivity index (χ0v) is 12.4. The predicted molar refractivity (Wildman–Crippen MR) is 82.8 cm³/mol. The van der Waals surface area contributed by atoms with Crippen molar-refractivity contribution in [3.63, 3.8) is 0 Å². The summed E-state index contributed by atoms with van der Waals surface area (Å²) in [6.45, 7) is 4.91. The SMILES string of the molecule is COCCNCC(=O)Nc1ccc(N2CCOCC2)cc1. The number of ether oxygens (including phenoxy) is 2. The molecule has 0 bridgehead atoms. The van der Waals surface area contributed by atoms with Crippen molar-refractivity contribution in [1.82, 2.24) is 5.32 Å². The number of hydrogen-bond acceptors (Lipinski definition) is 5. The number of methoxy groups -OCH3 is 1. The van der Waals surface area contributed by atoms with Gasteiger partial charge in [-0.25, -0.2) is 0 Å². The second-order valence-corrected chi connectivity index (χ2v) is 4.86. The molecule has 1 aliphatic rings. The summed E-state index contributed by atoms with van der Waals surface area (Å²) in [6.07, 6.45) is 0. The molecule has 1 heterocycles. The van der Waals surface area contributed by atoms with Crippen molar-refractivity contribution in [1.29, 1.82) is 0 Å². The van der Waals surface area contributed by atoms with Gasteiger partial charge in [0.25, 0.3) is 0 Å². The van der Waals surface area contributed by atoms with Gasteiger partial charge in [0, 0.05) is 38.1 Å². The van der Waals surface area contributed by atoms with Crippen LogP contribution in [0.3, 0.4) is 0 Å². The van der Waals surface area contributed by atoms with Crippen LogP contribution in [0.15, 0.2) is 24.3 Å². The van der Waals surface area contributed by atoms with Crippen LogP contribution in [0.25, 0.3) is 0 Å². The van der Waals surface area contributed by atoms with Crippen LogP contribution in [0, 0.1) is 0 Å². The summed E-state index contributed by atoms with van der Waals surface area (Å²) in [5.74, 6) is -0.0507. The molecule has 0 radical (unpaired) electrons. The maximum atomic E-state index is 11.7. The van der Waals surface area contributed by atoms with Crippen molar-refractivity contribution in [3.8, 4) is 0 Å². The smallest absolute Gasteiger partial charge is 0.238 e. The number of carbonyl (C=O) groups excluding carboxylic acids is 1. The van der Waals surface area contributed by atoms with E-state index in [0.29, 0.717) is 13.2 Å². The molecular weight excluding hydrogens is 270 g/mol. The molecule has 0 unspecified atom stereocenters. The maximum Gasteiger partial charge on any atom is 0.238 e. The molecule has 21 heavy (non-hydrogen) atoms. The lowest BCUT2D eigenvalue weighted by atomic mass is 10.2. The van der Waals surface area contributed by atoms with E-state index in [2.05, 4.69) is 15.5 Å². The number of anilines is 2. The lowest BCUT2D eigenvalue weighted by Crippen LogP contribution is -2.36. The van der Waals surface area contributed by atoms with Crippen LogP contribution in [-0.2, 0) is 14.3 Å². The Morgan fingerprint density at radius 3 is 2.67 bits per heavy atom. The number of amides is 1. The molecule has 0 aliphatic carbocycles. The number of hydrogen-bond donors (Lipinski definition) is 2. The molecule has 1 aromatic rings. The van der Waals surface area contributed by atoms with Crippen molar-refractivity contribution in [2.45, 2.75) is 0 Å². The third kappa shape index (κ3) is 5.34. The highest BCUT2D eigenvalue weighted by atomic mass is 16.5. The largest absolute Gasteiger partial charge is 0.383 e. The Labute approximate surface area is 125 Å². The Morgan fingerprint density at radius 1 is 1.29 bits per heavy atom. The number of carbonyl (C=O) groups is 1. The van der Waals surface area contributed by atoms with Crippen LogP contribution in [0.5, 0.6) is 0 Å². The lowest BCUT2D eigenvalue weighted by molar-refractivity contribution is -0.115. The van der Waals surface area contributed by atoms with Gasteiger partial charge in [0.2, 0.25) is 5.91 Å². The van der Waals surface area contributed by atoms with Gasteiger partial charge in [0.05, 0.1) is 26.4 Å². The third-order valence-electron chi connectivity index (χ3n) is 3.30. The molecule has 6 heteroatoms. The van der Waals surface area contributed by atoms with Crippen LogP contribution >= 0.6 is 0 Å². The number of morpholine rings is 1. The second kappa shape index (κ2) is 8.61. The second-order valence-electron chi connectivity index (χ2n) is 4.86. The van der Waals surface area contributed by atoms with Gasteiger partial charge in [-0.1, -0.05) is 0 Å². The Hall–Kier alpha value is -1.63. The molecule has 0 spiro atoms. The molecule has 1 amide bonds. The van der Waals surface area contributed by atoms with Crippen LogP contribution in [0.1, 0.15) is 0 Å². The van der Waals surface area contributed by atoms with E-state index in [4.69, 9.17) is 9.47 Å². The van der Waals surface area contributed by atoms with E-state index in [0.717, 1.165) is 37.7 Å². The predicted octanol–water partition coefficient (Wildman–Crippen LogP) is 0.698. The minimum absolute atomic E-state index is 0.0507. The quantitative estimate of drug-likeness (QED) is 0.725. The fraction of sp³-hybridized carbons (Fsp3) is 0.533. The van der Waals surface area contributed by atoms with Crippen LogP contribution in [0.2, 0.25) is 0 Å². The van der Waals surface area contributed by atoms with Crippen molar-refractivity contribution in [2.24, 2.45) is 0 Å². The van der Waals surface area contributed by atoms with Crippen molar-refractivity contribution < 1.29 is 14.3 Å². The Balaban J connectivity index is 1.77. The molecule has 116 valence electrons. The molecule has 0 saturated carbocycles. The molecule has 0 atom stereocenters. The molecule has 1 fully saturated rings. The standard InChI is InChI=1S/C15H23N3O3/c1-20-9-6-16-12-15(19)17-13-2-4-14(5-3-13)18-7-10-21-11-8-18/h2-5,16H,6-12H2,1H3,(H,17,19). The number of nitrogens with zero attached hydrogens (tertiary/aromatic N) is 1. The fourth-order valence-electron chi connectivity index (χ4n) is 2.16. The first kappa shape index (κ1) is 15.8. The van der Waals surface area contributed by atoms with Gasteiger partial charge >= 0.3 is 0 Å². The summed E-state index contributed by atoms with van der Waals surface area (Å²) in [5, 5.41) is 5.87. The zero-order valence-electron chi connectivity index (χ0n) is 12.4. The normalized spacial score (nSPS) is 15.0. The van der Waals surface area contributed by atoms with Gasteiger partial charge in [-0.15, -0.1) is 0 Å². The van der Waals surface area contributed by atoms with Gasteiger partial charge in [0.1, 0.15) is 0 Å². The van der Waals surface area contributed by atoms with Crippen LogP contribution in [-0.4, -0.2) is 59.0 Å². The fourth-order valence-corrected chi connectivity index (χ4v) is 2.16. The first-order chi connectivity index (χ1) is 10.3. The van der Waals surface area contributed by atoms with Gasteiger partial charge in [0.15, 0.2) is 0 Å². The Morgan fingerprint density at radius 2 is 2.00 bits per heavy atom. The van der Waals surface area contributed by atoms with Crippen molar-refractivity contribution >= 4 is 17.3 Å². The van der Waals surface area contributed by atoms with E-state index >= 15 is 0 Å². The summed E-state index contributed by atoms with van der Waals surface area (Å²) < 4.78 is 10.2. The zero-order chi connectivity index (χ0) is 14.9. The number of benzene rings is 1. The summed E-state index contributed by atoms with van der Waals surface area (Å²) in [5.41, 5.74) is 1.97. The van der Waals surface area contributed by atoms with Crippen LogP contribution < -0.4 is 15.5 Å². The molecule has 1 saturated heterocycles. The summed E-state index contributed by atoms with van der Waals surface area (Å²) in [7, 11) is 1.64. The first-order valence-corrected chi connectivity index (χ1v) is 7.22. The van der Waals surface area contributed by atoms with Crippen molar-refractivity contribution in [2.75, 3.05) is 63.3 Å². The number of nitrogens with one attached hydrogen (secondary N) is 2. The highest BCUT2D eigenvalue weighted by molar-refractivity contribution is 5.92. The minimum atomic E-state index is -0.0507. The van der Waals surface area contributed by atoms with Gasteiger partial charge in [-0.05, 0) is 24.3 Å². The Kier molecular flexibility index (Phi) is 6.46. The monoisotopic (exact) mass is 293 g/mol. The van der Waals surface area contributed by atoms with Crippen molar-refractivity contribution in [3.05, 3.63) is 24.3 Å². The van der Waals surface area contributed by atoms with E-state index in [9.17, 15) is 4.79 Å². The average molecular weight is 293 g/mol. The van der Waals surface area contributed by atoms with Gasteiger partial charge in [-0.3, -0.25) is 4.79 Å². The first-order valence-electron chi connectivity index (χ1n) is 7.22. The summed E-state index contributed by atoms with van der Waals surface area (Å²) >= 11 is 0. The number of rotatable bonds is 7.